The van der Waals surface area contributed by atoms with Gasteiger partial charge >= 0.3 is 0 Å². The molecule has 17 heavy (non-hydrogen) atoms. The third-order valence-corrected chi connectivity index (χ3v) is 4.49. The van der Waals surface area contributed by atoms with Crippen LogP contribution >= 0.6 is 0 Å². The van der Waals surface area contributed by atoms with Crippen LogP contribution in [0.3, 0.4) is 0 Å². The van der Waals surface area contributed by atoms with Crippen molar-refractivity contribution >= 4 is 0 Å². The van der Waals surface area contributed by atoms with E-state index >= 15 is 0 Å². The molecule has 0 amide bonds. The molecule has 0 saturated heterocycles. The van der Waals surface area contributed by atoms with Gasteiger partial charge in [0.2, 0.25) is 0 Å². The van der Waals surface area contributed by atoms with E-state index in [2.05, 4.69) is 25.7 Å². The van der Waals surface area contributed by atoms with Crippen molar-refractivity contribution in [2.75, 3.05) is 13.1 Å². The highest BCUT2D eigenvalue weighted by molar-refractivity contribution is 4.98. The fourth-order valence-corrected chi connectivity index (χ4v) is 3.39. The number of rotatable bonds is 6. The first kappa shape index (κ1) is 13.4. The minimum atomic E-state index is 0.0531. The second-order valence-corrected chi connectivity index (χ2v) is 7.04. The maximum atomic E-state index is 6.52. The van der Waals surface area contributed by atoms with E-state index in [-0.39, 0.29) is 5.54 Å². The molecule has 0 radical (unpaired) electrons. The van der Waals surface area contributed by atoms with E-state index in [1.807, 2.05) is 0 Å². The van der Waals surface area contributed by atoms with E-state index in [1.165, 1.54) is 45.1 Å². The second-order valence-electron chi connectivity index (χ2n) is 7.04. The molecule has 2 fully saturated rings. The van der Waals surface area contributed by atoms with E-state index in [0.29, 0.717) is 0 Å². The van der Waals surface area contributed by atoms with Crippen molar-refractivity contribution in [3.63, 3.8) is 0 Å². The lowest BCUT2D eigenvalue weighted by Gasteiger charge is -2.37. The quantitative estimate of drug-likeness (QED) is 0.771. The molecule has 0 spiro atoms. The maximum Gasteiger partial charge on any atom is 0.0283 e. The molecule has 2 nitrogen and oxygen atoms in total. The molecule has 0 aliphatic heterocycles. The van der Waals surface area contributed by atoms with Crippen LogP contribution in [0.25, 0.3) is 0 Å². The van der Waals surface area contributed by atoms with Crippen molar-refractivity contribution in [2.45, 2.75) is 70.9 Å². The van der Waals surface area contributed by atoms with Crippen LogP contribution in [0.5, 0.6) is 0 Å². The van der Waals surface area contributed by atoms with Crippen LogP contribution in [0, 0.1) is 11.8 Å². The van der Waals surface area contributed by atoms with Crippen LogP contribution in [-0.4, -0.2) is 29.6 Å². The van der Waals surface area contributed by atoms with Gasteiger partial charge in [-0.1, -0.05) is 26.7 Å². The summed E-state index contributed by atoms with van der Waals surface area (Å²) in [7, 11) is 0. The fourth-order valence-electron chi connectivity index (χ4n) is 3.39. The Balaban J connectivity index is 1.93. The summed E-state index contributed by atoms with van der Waals surface area (Å²) in [6.07, 6.45) is 8.34. The highest BCUT2D eigenvalue weighted by atomic mass is 15.2. The summed E-state index contributed by atoms with van der Waals surface area (Å²) < 4.78 is 0. The van der Waals surface area contributed by atoms with Crippen LogP contribution < -0.4 is 5.73 Å². The molecule has 0 aromatic rings. The van der Waals surface area contributed by atoms with Crippen molar-refractivity contribution < 1.29 is 0 Å². The van der Waals surface area contributed by atoms with Gasteiger partial charge in [-0.05, 0) is 44.4 Å². The standard InChI is InChI=1S/C15H30N2/c1-12(2)10-17(14-6-4-5-7-14)11-15(3,16)13-8-9-13/h12-14H,4-11,16H2,1-3H3. The van der Waals surface area contributed by atoms with Gasteiger partial charge in [0, 0.05) is 24.7 Å². The molecule has 100 valence electrons. The lowest BCUT2D eigenvalue weighted by Crippen LogP contribution is -2.52. The van der Waals surface area contributed by atoms with Crippen LogP contribution in [0.4, 0.5) is 0 Å². The molecule has 2 saturated carbocycles. The first-order valence-electron chi connectivity index (χ1n) is 7.52. The Bertz CT molecular complexity index is 237. The second kappa shape index (κ2) is 5.27. The van der Waals surface area contributed by atoms with Crippen LogP contribution in [-0.2, 0) is 0 Å². The third-order valence-electron chi connectivity index (χ3n) is 4.49. The number of hydrogen-bond donors (Lipinski definition) is 1. The summed E-state index contributed by atoms with van der Waals surface area (Å²) in [5, 5.41) is 0. The van der Waals surface area contributed by atoms with Crippen molar-refractivity contribution in [3.8, 4) is 0 Å². The van der Waals surface area contributed by atoms with Crippen LogP contribution in [0.15, 0.2) is 0 Å². The zero-order valence-corrected chi connectivity index (χ0v) is 11.9. The molecule has 2 aliphatic carbocycles. The summed E-state index contributed by atoms with van der Waals surface area (Å²) in [6, 6.07) is 0.819. The Morgan fingerprint density at radius 2 is 1.76 bits per heavy atom. The van der Waals surface area contributed by atoms with Crippen LogP contribution in [0.1, 0.15) is 59.3 Å². The van der Waals surface area contributed by atoms with E-state index in [9.17, 15) is 0 Å². The minimum Gasteiger partial charge on any atom is -0.324 e. The Labute approximate surface area is 107 Å². The molecule has 1 atom stereocenters. The summed E-state index contributed by atoms with van der Waals surface area (Å²) >= 11 is 0. The summed E-state index contributed by atoms with van der Waals surface area (Å²) in [6.45, 7) is 9.26. The highest BCUT2D eigenvalue weighted by Crippen LogP contribution is 2.39. The summed E-state index contributed by atoms with van der Waals surface area (Å²) in [5.41, 5.74) is 6.58. The van der Waals surface area contributed by atoms with Crippen molar-refractivity contribution in [1.29, 1.82) is 0 Å². The molecule has 1 unspecified atom stereocenters. The number of hydrogen-bond acceptors (Lipinski definition) is 2. The number of nitrogens with two attached hydrogens (primary N) is 1. The molecular formula is C15H30N2. The predicted molar refractivity (Wildman–Crippen MR) is 74.0 cm³/mol. The van der Waals surface area contributed by atoms with Crippen molar-refractivity contribution in [1.82, 2.24) is 4.90 Å². The fraction of sp³-hybridized carbons (Fsp3) is 1.00. The van der Waals surface area contributed by atoms with Gasteiger partial charge in [0.05, 0.1) is 0 Å². The van der Waals surface area contributed by atoms with Gasteiger partial charge in [-0.2, -0.15) is 0 Å². The molecule has 2 N–H and O–H groups in total. The van der Waals surface area contributed by atoms with Crippen LogP contribution in [0.2, 0.25) is 0 Å². The molecular weight excluding hydrogens is 208 g/mol. The van der Waals surface area contributed by atoms with E-state index < -0.39 is 0 Å². The lowest BCUT2D eigenvalue weighted by atomic mass is 9.95. The Hall–Kier alpha value is -0.0800. The zero-order valence-electron chi connectivity index (χ0n) is 11.9. The number of nitrogens with zero attached hydrogens (tertiary/aromatic N) is 1. The molecule has 2 aliphatic rings. The topological polar surface area (TPSA) is 29.3 Å². The van der Waals surface area contributed by atoms with E-state index in [1.54, 1.807) is 0 Å². The molecule has 2 rings (SSSR count). The predicted octanol–water partition coefficient (Wildman–Crippen LogP) is 3.01. The van der Waals surface area contributed by atoms with Gasteiger partial charge in [0.1, 0.15) is 0 Å². The van der Waals surface area contributed by atoms with Crippen molar-refractivity contribution in [2.24, 2.45) is 17.6 Å². The lowest BCUT2D eigenvalue weighted by molar-refractivity contribution is 0.133. The average molecular weight is 238 g/mol. The Morgan fingerprint density at radius 1 is 1.18 bits per heavy atom. The smallest absolute Gasteiger partial charge is 0.0283 e. The first-order chi connectivity index (χ1) is 7.99. The van der Waals surface area contributed by atoms with Gasteiger partial charge in [-0.25, -0.2) is 0 Å². The first-order valence-corrected chi connectivity index (χ1v) is 7.52. The van der Waals surface area contributed by atoms with Gasteiger partial charge in [-0.3, -0.25) is 4.90 Å². The molecule has 0 heterocycles. The zero-order chi connectivity index (χ0) is 12.5. The van der Waals surface area contributed by atoms with E-state index in [4.69, 9.17) is 5.73 Å². The summed E-state index contributed by atoms with van der Waals surface area (Å²) in [4.78, 5) is 2.70. The SMILES string of the molecule is CC(C)CN(CC(C)(N)C1CC1)C1CCCC1. The normalized spacial score (nSPS) is 25.8. The van der Waals surface area contributed by atoms with Gasteiger partial charge in [-0.15, -0.1) is 0 Å². The Kier molecular flexibility index (Phi) is 4.14. The monoisotopic (exact) mass is 238 g/mol. The summed E-state index contributed by atoms with van der Waals surface area (Å²) in [5.74, 6) is 1.55. The molecule has 2 heteroatoms. The van der Waals surface area contributed by atoms with E-state index in [0.717, 1.165) is 24.4 Å². The minimum absolute atomic E-state index is 0.0531. The average Bonchev–Trinajstić information content (AvgIpc) is 2.94. The third kappa shape index (κ3) is 3.69. The molecule has 0 aromatic heterocycles. The van der Waals surface area contributed by atoms with Gasteiger partial charge in [0.25, 0.3) is 0 Å². The van der Waals surface area contributed by atoms with Gasteiger partial charge in [0.15, 0.2) is 0 Å². The molecule has 0 bridgehead atoms. The maximum absolute atomic E-state index is 6.52. The largest absolute Gasteiger partial charge is 0.324 e. The van der Waals surface area contributed by atoms with Gasteiger partial charge < -0.3 is 5.73 Å². The molecule has 0 aromatic carbocycles. The highest BCUT2D eigenvalue weighted by Gasteiger charge is 2.40. The Morgan fingerprint density at radius 3 is 2.24 bits per heavy atom. The van der Waals surface area contributed by atoms with Crippen molar-refractivity contribution in [3.05, 3.63) is 0 Å².